The molecule has 4 fully saturated rings. The van der Waals surface area contributed by atoms with Gasteiger partial charge in [0.2, 0.25) is 0 Å². The van der Waals surface area contributed by atoms with Crippen molar-refractivity contribution in [2.24, 2.45) is 29.6 Å². The zero-order chi connectivity index (χ0) is 26.8. The number of aliphatic hydroxyl groups excluding tert-OH is 4. The van der Waals surface area contributed by atoms with Gasteiger partial charge >= 0.3 is 0 Å². The van der Waals surface area contributed by atoms with Crippen molar-refractivity contribution >= 4 is 0 Å². The van der Waals surface area contributed by atoms with Crippen molar-refractivity contribution in [3.8, 4) is 0 Å². The van der Waals surface area contributed by atoms with E-state index in [0.717, 1.165) is 0 Å². The van der Waals surface area contributed by atoms with E-state index in [1.807, 2.05) is 0 Å². The predicted octanol–water partition coefficient (Wildman–Crippen LogP) is 2.79. The quantitative estimate of drug-likeness (QED) is 0.408. The molecule has 5 aliphatic rings. The number of hydrogen-bond donors (Lipinski definition) is 4. The lowest BCUT2D eigenvalue weighted by Gasteiger charge is -2.54. The highest BCUT2D eigenvalue weighted by Gasteiger charge is 2.43. The van der Waals surface area contributed by atoms with E-state index in [1.54, 1.807) is 0 Å². The van der Waals surface area contributed by atoms with Gasteiger partial charge in [0.1, 0.15) is 0 Å². The second-order valence-corrected chi connectivity index (χ2v) is 12.8. The molecule has 0 saturated heterocycles. The van der Waals surface area contributed by atoms with Crippen LogP contribution >= 0.6 is 0 Å². The van der Waals surface area contributed by atoms with Crippen LogP contribution in [0.1, 0.15) is 89.9 Å². The highest BCUT2D eigenvalue weighted by Crippen LogP contribution is 2.46. The first-order chi connectivity index (χ1) is 18.3. The molecule has 0 aromatic rings. The van der Waals surface area contributed by atoms with Gasteiger partial charge in [0.05, 0.1) is 24.4 Å². The monoisotopic (exact) mass is 526 g/mol. The van der Waals surface area contributed by atoms with Crippen LogP contribution in [0.25, 0.3) is 0 Å². The molecule has 38 heavy (non-hydrogen) atoms. The van der Waals surface area contributed by atoms with E-state index >= 15 is 0 Å². The molecule has 6 heteroatoms. The van der Waals surface area contributed by atoms with Gasteiger partial charge in [-0.2, -0.15) is 0 Å². The highest BCUT2D eigenvalue weighted by molar-refractivity contribution is 5.54. The van der Waals surface area contributed by atoms with Crippen LogP contribution in [0, 0.1) is 29.6 Å². The van der Waals surface area contributed by atoms with E-state index in [9.17, 15) is 30.6 Å². The Bertz CT molecular complexity index is 912. The second-order valence-electron chi connectivity index (χ2n) is 12.8. The van der Waals surface area contributed by atoms with Crippen LogP contribution in [0.2, 0.25) is 0 Å². The summed E-state index contributed by atoms with van der Waals surface area (Å²) in [5.41, 5.74) is 0.128. The fraction of sp³-hybridized carbons (Fsp3) is 0.750. The Kier molecular flexibility index (Phi) is 9.16. The minimum Gasteiger partial charge on any atom is -0.872 e. The second kappa shape index (κ2) is 12.4. The molecule has 5 unspecified atom stereocenters. The molecule has 4 saturated carbocycles. The van der Waals surface area contributed by atoms with Gasteiger partial charge in [0.15, 0.2) is 0 Å². The van der Waals surface area contributed by atoms with Crippen LogP contribution in [-0.4, -0.2) is 50.9 Å². The van der Waals surface area contributed by atoms with Crippen LogP contribution in [0.5, 0.6) is 0 Å². The Balaban J connectivity index is 1.24. The molecule has 4 N–H and O–H groups in total. The normalized spacial score (nSPS) is 40.3. The maximum atomic E-state index is 13.3. The Morgan fingerprint density at radius 3 is 1.42 bits per heavy atom. The first-order valence-corrected chi connectivity index (χ1v) is 15.2. The average molecular weight is 527 g/mol. The smallest absolute Gasteiger partial charge is 0.0785 e. The number of rotatable bonds is 5. The molecule has 0 aromatic heterocycles. The number of aliphatic hydroxyl groups is 4. The van der Waals surface area contributed by atoms with Crippen molar-refractivity contribution in [2.75, 3.05) is 0 Å². The Hall–Kier alpha value is -1.44. The molecule has 6 nitrogen and oxygen atoms in total. The molecule has 5 aliphatic carbocycles. The largest absolute Gasteiger partial charge is 0.872 e. The molecule has 0 aromatic carbocycles. The first-order valence-electron chi connectivity index (χ1n) is 15.2. The van der Waals surface area contributed by atoms with Gasteiger partial charge in [-0.25, -0.2) is 0 Å². The van der Waals surface area contributed by atoms with Crippen molar-refractivity contribution < 1.29 is 30.6 Å². The summed E-state index contributed by atoms with van der Waals surface area (Å²) in [6.45, 7) is 0. The van der Waals surface area contributed by atoms with E-state index in [1.165, 1.54) is 64.2 Å². The van der Waals surface area contributed by atoms with Crippen LogP contribution in [0.3, 0.4) is 0 Å². The third-order valence-corrected chi connectivity index (χ3v) is 10.0. The van der Waals surface area contributed by atoms with Gasteiger partial charge in [-0.3, -0.25) is 0 Å². The summed E-state index contributed by atoms with van der Waals surface area (Å²) in [7, 11) is 0. The van der Waals surface area contributed by atoms with Gasteiger partial charge in [-0.05, 0) is 80.6 Å². The van der Waals surface area contributed by atoms with E-state index in [0.29, 0.717) is 37.5 Å². The van der Waals surface area contributed by atoms with Crippen molar-refractivity contribution in [2.45, 2.75) is 120 Å². The summed E-state index contributed by atoms with van der Waals surface area (Å²) in [5.74, 6) is -0.210. The van der Waals surface area contributed by atoms with Crippen molar-refractivity contribution in [3.63, 3.8) is 0 Å². The molecule has 5 rings (SSSR count). The molecular formula is C32H46O6-2. The number of hydrogen-bond acceptors (Lipinski definition) is 6. The van der Waals surface area contributed by atoms with E-state index in [4.69, 9.17) is 0 Å². The molecule has 0 aliphatic heterocycles. The molecular weight excluding hydrogens is 480 g/mol. The standard InChI is InChI=1S/C32H47O6/c33-23-15-21(13-11-19-7-3-1-4-8-19)16-24(34)27(23)29-31(37)30(32(29)38)28-25(35)17-22(18-26(28)36)14-12-20-9-5-2-6-10-20/h11-14,19-27,31,33-36,38H,1-10,15-18H2/q-1/p-1/b13-11+,14-12+,30-28?. The molecule has 0 heterocycles. The van der Waals surface area contributed by atoms with Crippen LogP contribution < -0.4 is 10.2 Å². The topological polar surface area (TPSA) is 127 Å². The first kappa shape index (κ1) is 28.1. The summed E-state index contributed by atoms with van der Waals surface area (Å²) in [4.78, 5) is 0. The van der Waals surface area contributed by atoms with E-state index in [-0.39, 0.29) is 28.6 Å². The molecule has 212 valence electrons. The SMILES string of the molecule is [O-]C1=C(C2C(O)CC(/C=C/C3CCCCC3)CC2O)C([O-])C1=C1C(O)CC(/C=C/C2CCCCC2)CC1O. The van der Waals surface area contributed by atoms with Crippen molar-refractivity contribution in [3.05, 3.63) is 46.8 Å². The van der Waals surface area contributed by atoms with Gasteiger partial charge in [-0.1, -0.05) is 80.1 Å². The minimum atomic E-state index is -1.51. The fourth-order valence-electron chi connectivity index (χ4n) is 7.86. The van der Waals surface area contributed by atoms with E-state index < -0.39 is 42.2 Å². The summed E-state index contributed by atoms with van der Waals surface area (Å²) < 4.78 is 0. The fourth-order valence-corrected chi connectivity index (χ4v) is 7.86. The summed E-state index contributed by atoms with van der Waals surface area (Å²) >= 11 is 0. The maximum Gasteiger partial charge on any atom is 0.0785 e. The lowest BCUT2D eigenvalue weighted by atomic mass is 9.65. The van der Waals surface area contributed by atoms with Gasteiger partial charge in [0.25, 0.3) is 0 Å². The molecule has 0 amide bonds. The van der Waals surface area contributed by atoms with Crippen LogP contribution in [-0.2, 0) is 0 Å². The summed E-state index contributed by atoms with van der Waals surface area (Å²) in [6, 6.07) is 0. The Morgan fingerprint density at radius 1 is 0.553 bits per heavy atom. The third-order valence-electron chi connectivity index (χ3n) is 10.0. The zero-order valence-corrected chi connectivity index (χ0v) is 22.6. The Morgan fingerprint density at radius 2 is 0.974 bits per heavy atom. The predicted molar refractivity (Wildman–Crippen MR) is 142 cm³/mol. The zero-order valence-electron chi connectivity index (χ0n) is 22.6. The van der Waals surface area contributed by atoms with Crippen molar-refractivity contribution in [1.29, 1.82) is 0 Å². The lowest BCUT2D eigenvalue weighted by Crippen LogP contribution is -2.54. The van der Waals surface area contributed by atoms with Crippen LogP contribution in [0.15, 0.2) is 46.8 Å². The highest BCUT2D eigenvalue weighted by atomic mass is 16.3. The maximum absolute atomic E-state index is 13.3. The van der Waals surface area contributed by atoms with Gasteiger partial charge < -0.3 is 30.6 Å². The summed E-state index contributed by atoms with van der Waals surface area (Å²) in [6.07, 6.45) is 17.1. The van der Waals surface area contributed by atoms with Gasteiger partial charge in [-0.15, -0.1) is 5.76 Å². The van der Waals surface area contributed by atoms with Gasteiger partial charge in [0, 0.05) is 5.92 Å². The third kappa shape index (κ3) is 6.00. The van der Waals surface area contributed by atoms with Crippen LogP contribution in [0.4, 0.5) is 0 Å². The molecule has 5 atom stereocenters. The lowest BCUT2D eigenvalue weighted by molar-refractivity contribution is -0.418. The molecule has 0 spiro atoms. The van der Waals surface area contributed by atoms with Crippen molar-refractivity contribution in [1.82, 2.24) is 0 Å². The minimum absolute atomic E-state index is 0.00981. The molecule has 0 bridgehead atoms. The Labute approximate surface area is 227 Å². The summed E-state index contributed by atoms with van der Waals surface area (Å²) in [5, 5.41) is 70.0. The average Bonchev–Trinajstić information content (AvgIpc) is 2.91. The number of allylic oxidation sites excluding steroid dienone is 4. The van der Waals surface area contributed by atoms with E-state index in [2.05, 4.69) is 24.3 Å². The molecule has 0 radical (unpaired) electrons.